The average molecular weight is 352 g/mol. The van der Waals surface area contributed by atoms with E-state index in [-0.39, 0.29) is 5.41 Å². The summed E-state index contributed by atoms with van der Waals surface area (Å²) < 4.78 is 17.6. The summed E-state index contributed by atoms with van der Waals surface area (Å²) >= 11 is 0. The summed E-state index contributed by atoms with van der Waals surface area (Å²) in [6.45, 7) is 4.08. The molecule has 0 aromatic heterocycles. The molecule has 0 radical (unpaired) electrons. The number of fused-ring (bicyclic) bond motifs is 2. The lowest BCUT2D eigenvalue weighted by Gasteiger charge is -2.54. The molecule has 6 heterocycles. The van der Waals surface area contributed by atoms with E-state index in [2.05, 4.69) is 24.0 Å². The number of hydrogen-bond acceptors (Lipinski definition) is 5. The molecule has 0 amide bonds. The Morgan fingerprint density at radius 3 is 2.96 bits per heavy atom. The molecule has 1 aromatic carbocycles. The van der Waals surface area contributed by atoms with Crippen molar-refractivity contribution < 1.29 is 14.2 Å². The second-order valence-electron chi connectivity index (χ2n) is 8.25. The van der Waals surface area contributed by atoms with Crippen LogP contribution in [0.15, 0.2) is 28.8 Å². The highest BCUT2D eigenvalue weighted by atomic mass is 16.5. The maximum atomic E-state index is 6.39. The van der Waals surface area contributed by atoms with Crippen LogP contribution in [0.3, 0.4) is 0 Å². The molecule has 6 aliphatic rings. The van der Waals surface area contributed by atoms with E-state index in [0.717, 1.165) is 42.7 Å². The Balaban J connectivity index is 1.58. The van der Waals surface area contributed by atoms with Gasteiger partial charge in [0.25, 0.3) is 0 Å². The number of nitrogens with zero attached hydrogens (tertiary/aromatic N) is 2. The van der Waals surface area contributed by atoms with Crippen LogP contribution in [0.1, 0.15) is 25.3 Å². The number of ether oxygens (including phenoxy) is 3. The van der Waals surface area contributed by atoms with Crippen molar-refractivity contribution in [1.29, 1.82) is 0 Å². The molecule has 0 N–H and O–H groups in total. The largest absolute Gasteiger partial charge is 0.497 e. The van der Waals surface area contributed by atoms with E-state index in [1.165, 1.54) is 12.0 Å². The van der Waals surface area contributed by atoms with Gasteiger partial charge in [-0.2, -0.15) is 0 Å². The van der Waals surface area contributed by atoms with Gasteiger partial charge < -0.3 is 14.2 Å². The number of allylic oxidation sites excluding steroid dienone is 1. The van der Waals surface area contributed by atoms with Crippen LogP contribution in [0.4, 0.5) is 5.69 Å². The number of benzene rings is 1. The third-order valence-corrected chi connectivity index (χ3v) is 7.62. The Morgan fingerprint density at radius 2 is 2.19 bits per heavy atom. The fraction of sp³-hybridized carbons (Fsp3) is 0.571. The molecule has 1 spiro atoms. The lowest BCUT2D eigenvalue weighted by Crippen LogP contribution is -2.61. The van der Waals surface area contributed by atoms with Crippen molar-refractivity contribution in [1.82, 2.24) is 4.90 Å². The van der Waals surface area contributed by atoms with Crippen molar-refractivity contribution >= 4 is 11.6 Å². The summed E-state index contributed by atoms with van der Waals surface area (Å²) in [5.74, 6) is 3.79. The SMILES string of the molecule is CC=C1CN2[C@H]3C[C@@H]1[C@@H]1COC4=Nc5c(OC)cc(OC)cc5[C@@]43C[C@@H]12. The highest BCUT2D eigenvalue weighted by Crippen LogP contribution is 2.64. The van der Waals surface area contributed by atoms with Gasteiger partial charge in [0, 0.05) is 36.2 Å². The average Bonchev–Trinajstić information content (AvgIpc) is 3.04. The molecule has 5 nitrogen and oxygen atoms in total. The van der Waals surface area contributed by atoms with Gasteiger partial charge in [0.15, 0.2) is 0 Å². The van der Waals surface area contributed by atoms with Gasteiger partial charge in [0.1, 0.15) is 17.2 Å². The molecule has 136 valence electrons. The molecule has 6 aliphatic heterocycles. The molecule has 7 rings (SSSR count). The number of methoxy groups -OCH3 is 2. The Labute approximate surface area is 153 Å². The number of aliphatic imine (C=N–C) groups is 1. The fourth-order valence-corrected chi connectivity index (χ4v) is 6.51. The summed E-state index contributed by atoms with van der Waals surface area (Å²) in [6, 6.07) is 5.16. The second-order valence-corrected chi connectivity index (χ2v) is 8.25. The third-order valence-electron chi connectivity index (χ3n) is 7.62. The summed E-state index contributed by atoms with van der Waals surface area (Å²) in [5, 5.41) is 0. The molecular weight excluding hydrogens is 328 g/mol. The maximum absolute atomic E-state index is 6.39. The minimum atomic E-state index is -0.134. The van der Waals surface area contributed by atoms with E-state index >= 15 is 0 Å². The summed E-state index contributed by atoms with van der Waals surface area (Å²) in [4.78, 5) is 7.71. The normalized spacial score (nSPS) is 42.2. The lowest BCUT2D eigenvalue weighted by atomic mass is 9.68. The van der Waals surface area contributed by atoms with Gasteiger partial charge in [0.2, 0.25) is 5.90 Å². The van der Waals surface area contributed by atoms with Gasteiger partial charge in [-0.25, -0.2) is 4.99 Å². The topological polar surface area (TPSA) is 43.3 Å². The van der Waals surface area contributed by atoms with E-state index in [1.807, 2.05) is 6.07 Å². The molecule has 5 bridgehead atoms. The number of rotatable bonds is 2. The van der Waals surface area contributed by atoms with Crippen molar-refractivity contribution in [2.45, 2.75) is 37.3 Å². The highest BCUT2D eigenvalue weighted by molar-refractivity contribution is 6.00. The first-order valence-corrected chi connectivity index (χ1v) is 9.60. The number of piperidine rings is 3. The van der Waals surface area contributed by atoms with Crippen LogP contribution >= 0.6 is 0 Å². The van der Waals surface area contributed by atoms with Gasteiger partial charge in [-0.15, -0.1) is 0 Å². The zero-order valence-corrected chi connectivity index (χ0v) is 15.5. The fourth-order valence-electron chi connectivity index (χ4n) is 6.51. The van der Waals surface area contributed by atoms with Crippen LogP contribution in [-0.4, -0.2) is 50.3 Å². The van der Waals surface area contributed by atoms with Crippen LogP contribution < -0.4 is 9.47 Å². The van der Waals surface area contributed by atoms with E-state index in [0.29, 0.717) is 23.9 Å². The first-order chi connectivity index (χ1) is 12.7. The highest BCUT2D eigenvalue weighted by Gasteiger charge is 2.69. The molecule has 5 fully saturated rings. The van der Waals surface area contributed by atoms with Gasteiger partial charge in [0.05, 0.1) is 26.2 Å². The molecular formula is C21H24N2O3. The zero-order chi connectivity index (χ0) is 17.6. The van der Waals surface area contributed by atoms with Gasteiger partial charge in [-0.1, -0.05) is 11.6 Å². The van der Waals surface area contributed by atoms with Gasteiger partial charge in [-0.3, -0.25) is 4.90 Å². The molecule has 1 unspecified atom stereocenters. The zero-order valence-electron chi connectivity index (χ0n) is 15.5. The van der Waals surface area contributed by atoms with Crippen LogP contribution in [0.2, 0.25) is 0 Å². The van der Waals surface area contributed by atoms with E-state index in [9.17, 15) is 0 Å². The van der Waals surface area contributed by atoms with E-state index < -0.39 is 0 Å². The molecule has 5 heteroatoms. The Hall–Kier alpha value is -2.01. The minimum absolute atomic E-state index is 0.134. The predicted molar refractivity (Wildman–Crippen MR) is 98.5 cm³/mol. The molecule has 1 aromatic rings. The lowest BCUT2D eigenvalue weighted by molar-refractivity contribution is -0.0150. The van der Waals surface area contributed by atoms with Crippen molar-refractivity contribution in [2.75, 3.05) is 27.4 Å². The van der Waals surface area contributed by atoms with E-state index in [4.69, 9.17) is 19.2 Å². The van der Waals surface area contributed by atoms with Gasteiger partial charge >= 0.3 is 0 Å². The Kier molecular flexibility index (Phi) is 2.80. The molecule has 5 saturated heterocycles. The minimum Gasteiger partial charge on any atom is -0.497 e. The van der Waals surface area contributed by atoms with Crippen molar-refractivity contribution in [3.05, 3.63) is 29.3 Å². The van der Waals surface area contributed by atoms with Gasteiger partial charge in [-0.05, 0) is 31.7 Å². The standard InChI is InChI=1S/C21H24N2O3/c1-4-11-9-23-16-8-21-15-5-12(24-2)6-17(25-3)19(15)22-20(21)26-10-14(16)13(11)7-18(21)23/h4-6,13-14,16,18H,7-10H2,1-3H3/t13-,14-,16-,18-,21+/m0/s1. The van der Waals surface area contributed by atoms with Crippen LogP contribution in [0.5, 0.6) is 11.5 Å². The van der Waals surface area contributed by atoms with Crippen molar-refractivity contribution in [3.63, 3.8) is 0 Å². The molecule has 0 aliphatic carbocycles. The van der Waals surface area contributed by atoms with Crippen molar-refractivity contribution in [3.8, 4) is 11.5 Å². The molecule has 6 atom stereocenters. The first-order valence-electron chi connectivity index (χ1n) is 9.60. The smallest absolute Gasteiger partial charge is 0.201 e. The van der Waals surface area contributed by atoms with Crippen molar-refractivity contribution in [2.24, 2.45) is 16.8 Å². The van der Waals surface area contributed by atoms with Crippen LogP contribution in [0.25, 0.3) is 0 Å². The third kappa shape index (κ3) is 1.51. The predicted octanol–water partition coefficient (Wildman–Crippen LogP) is 3.05. The summed E-state index contributed by atoms with van der Waals surface area (Å²) in [6.07, 6.45) is 4.65. The summed E-state index contributed by atoms with van der Waals surface area (Å²) in [5.41, 5.74) is 3.65. The maximum Gasteiger partial charge on any atom is 0.201 e. The van der Waals surface area contributed by atoms with Crippen LogP contribution in [0, 0.1) is 11.8 Å². The first kappa shape index (κ1) is 15.1. The molecule has 0 saturated carbocycles. The monoisotopic (exact) mass is 352 g/mol. The number of hydrogen-bond donors (Lipinski definition) is 0. The second kappa shape index (κ2) is 4.83. The van der Waals surface area contributed by atoms with Crippen LogP contribution in [-0.2, 0) is 10.2 Å². The molecule has 26 heavy (non-hydrogen) atoms. The Bertz CT molecular complexity index is 876. The Morgan fingerprint density at radius 1 is 1.31 bits per heavy atom. The summed E-state index contributed by atoms with van der Waals surface area (Å²) in [7, 11) is 3.42. The van der Waals surface area contributed by atoms with E-state index in [1.54, 1.807) is 19.8 Å². The quantitative estimate of drug-likeness (QED) is 0.768.